The minimum atomic E-state index is -4.63. The molecule has 0 radical (unpaired) electrons. The fourth-order valence-corrected chi connectivity index (χ4v) is 2.93. The molecule has 0 bridgehead atoms. The Morgan fingerprint density at radius 1 is 1.48 bits per heavy atom. The first-order valence-corrected chi connectivity index (χ1v) is 7.81. The van der Waals surface area contributed by atoms with Crippen LogP contribution in [0.4, 0.5) is 13.2 Å². The first kappa shape index (κ1) is 17.8. The van der Waals surface area contributed by atoms with Gasteiger partial charge in [0.25, 0.3) is 5.91 Å². The van der Waals surface area contributed by atoms with E-state index in [0.29, 0.717) is 12.6 Å². The number of hydrogen-bond acceptors (Lipinski definition) is 3. The summed E-state index contributed by atoms with van der Waals surface area (Å²) in [5, 5.41) is 5.99. The van der Waals surface area contributed by atoms with Crippen molar-refractivity contribution < 1.29 is 18.0 Å². The third kappa shape index (κ3) is 4.46. The monoisotopic (exact) mass is 332 g/mol. The molecule has 130 valence electrons. The van der Waals surface area contributed by atoms with E-state index in [9.17, 15) is 18.0 Å². The lowest BCUT2D eigenvalue weighted by molar-refractivity contribution is -0.141. The van der Waals surface area contributed by atoms with E-state index in [1.54, 1.807) is 0 Å². The molecule has 8 heteroatoms. The van der Waals surface area contributed by atoms with Gasteiger partial charge in [0.05, 0.1) is 5.56 Å². The van der Waals surface area contributed by atoms with E-state index < -0.39 is 23.3 Å². The van der Waals surface area contributed by atoms with Gasteiger partial charge in [0.1, 0.15) is 0 Å². The summed E-state index contributed by atoms with van der Waals surface area (Å²) in [6, 6.07) is 0.434. The zero-order valence-electron chi connectivity index (χ0n) is 13.7. The van der Waals surface area contributed by atoms with Gasteiger partial charge >= 0.3 is 6.18 Å². The molecule has 5 nitrogen and oxygen atoms in total. The van der Waals surface area contributed by atoms with Crippen LogP contribution in [0.25, 0.3) is 0 Å². The highest BCUT2D eigenvalue weighted by molar-refractivity contribution is 5.95. The molecule has 1 aromatic rings. The van der Waals surface area contributed by atoms with E-state index in [2.05, 4.69) is 29.2 Å². The summed E-state index contributed by atoms with van der Waals surface area (Å²) in [6.45, 7) is 6.51. The number of piperidine rings is 1. The Balaban J connectivity index is 1.98. The lowest BCUT2D eigenvalue weighted by Crippen LogP contribution is -2.43. The van der Waals surface area contributed by atoms with Crippen molar-refractivity contribution in [2.75, 3.05) is 19.6 Å². The predicted octanol–water partition coefficient (Wildman–Crippen LogP) is 2.29. The molecule has 1 aliphatic heterocycles. The van der Waals surface area contributed by atoms with Crippen molar-refractivity contribution in [2.45, 2.75) is 38.9 Å². The third-order valence-electron chi connectivity index (χ3n) is 4.17. The quantitative estimate of drug-likeness (QED) is 0.920. The average molecular weight is 332 g/mol. The van der Waals surface area contributed by atoms with Gasteiger partial charge in [-0.25, -0.2) is 0 Å². The molecule has 0 unspecified atom stereocenters. The summed E-state index contributed by atoms with van der Waals surface area (Å²) in [5.41, 5.74) is -1.55. The van der Waals surface area contributed by atoms with Crippen LogP contribution in [0.15, 0.2) is 6.20 Å². The predicted molar refractivity (Wildman–Crippen MR) is 80.0 cm³/mol. The zero-order chi connectivity index (χ0) is 17.2. The van der Waals surface area contributed by atoms with Crippen LogP contribution in [0.3, 0.4) is 0 Å². The van der Waals surface area contributed by atoms with Gasteiger partial charge in [-0.1, -0.05) is 0 Å². The number of aromatic nitrogens is 2. The Hall–Kier alpha value is -1.57. The topological polar surface area (TPSA) is 50.2 Å². The average Bonchev–Trinajstić information content (AvgIpc) is 2.87. The van der Waals surface area contributed by atoms with Gasteiger partial charge < -0.3 is 10.2 Å². The van der Waals surface area contributed by atoms with E-state index in [4.69, 9.17) is 0 Å². The molecule has 0 aromatic carbocycles. The summed E-state index contributed by atoms with van der Waals surface area (Å²) in [4.78, 5) is 14.4. The molecule has 1 amide bonds. The first-order chi connectivity index (χ1) is 10.7. The molecule has 1 aliphatic rings. The van der Waals surface area contributed by atoms with Gasteiger partial charge in [-0.15, -0.1) is 0 Å². The molecule has 1 N–H and O–H groups in total. The lowest BCUT2D eigenvalue weighted by atomic mass is 9.97. The van der Waals surface area contributed by atoms with Crippen molar-refractivity contribution in [1.82, 2.24) is 20.0 Å². The minimum absolute atomic E-state index is 0.265. The number of aryl methyl sites for hydroxylation is 1. The molecule has 23 heavy (non-hydrogen) atoms. The summed E-state index contributed by atoms with van der Waals surface area (Å²) in [7, 11) is 1.37. The molecule has 1 aromatic heterocycles. The maximum absolute atomic E-state index is 12.9. The number of rotatable bonds is 4. The highest BCUT2D eigenvalue weighted by Gasteiger charge is 2.39. The number of nitrogens with one attached hydrogen (secondary N) is 1. The summed E-state index contributed by atoms with van der Waals surface area (Å²) in [6.07, 6.45) is -1.51. The standard InChI is InChI=1S/C15H23F3N4O/c1-10(2)22-6-4-5-11(8-22)7-19-14(23)12-9-21(3)20-13(12)15(16,17)18/h9-11H,4-8H2,1-3H3,(H,19,23)/t11-/m1/s1. The molecular weight excluding hydrogens is 309 g/mol. The van der Waals surface area contributed by atoms with Crippen molar-refractivity contribution in [3.8, 4) is 0 Å². The summed E-state index contributed by atoms with van der Waals surface area (Å²) >= 11 is 0. The Kier molecular flexibility index (Phi) is 5.33. The Morgan fingerprint density at radius 2 is 2.17 bits per heavy atom. The van der Waals surface area contributed by atoms with Gasteiger partial charge in [0.2, 0.25) is 0 Å². The van der Waals surface area contributed by atoms with Crippen LogP contribution in [0.1, 0.15) is 42.7 Å². The number of nitrogens with zero attached hydrogens (tertiary/aromatic N) is 3. The van der Waals surface area contributed by atoms with Crippen LogP contribution in [-0.2, 0) is 13.2 Å². The molecule has 1 saturated heterocycles. The SMILES string of the molecule is CC(C)N1CCC[C@H](CNC(=O)c2cn(C)nc2C(F)(F)F)C1. The number of carbonyl (C=O) groups excluding carboxylic acids is 1. The minimum Gasteiger partial charge on any atom is -0.352 e. The Bertz CT molecular complexity index is 553. The third-order valence-corrected chi connectivity index (χ3v) is 4.17. The number of likely N-dealkylation sites (tertiary alicyclic amines) is 1. The van der Waals surface area contributed by atoms with Crippen LogP contribution >= 0.6 is 0 Å². The smallest absolute Gasteiger partial charge is 0.352 e. The first-order valence-electron chi connectivity index (χ1n) is 7.81. The van der Waals surface area contributed by atoms with Crippen molar-refractivity contribution in [2.24, 2.45) is 13.0 Å². The van der Waals surface area contributed by atoms with E-state index in [0.717, 1.165) is 36.8 Å². The molecule has 1 fully saturated rings. The molecule has 0 spiro atoms. The normalized spacial score (nSPS) is 20.0. The van der Waals surface area contributed by atoms with Crippen LogP contribution in [0.2, 0.25) is 0 Å². The maximum Gasteiger partial charge on any atom is 0.435 e. The Morgan fingerprint density at radius 3 is 2.78 bits per heavy atom. The molecular formula is C15H23F3N4O. The second-order valence-corrected chi connectivity index (χ2v) is 6.37. The highest BCUT2D eigenvalue weighted by atomic mass is 19.4. The molecule has 1 atom stereocenters. The molecule has 0 saturated carbocycles. The fourth-order valence-electron chi connectivity index (χ4n) is 2.93. The Labute approximate surface area is 133 Å². The van der Waals surface area contributed by atoms with Crippen molar-refractivity contribution in [1.29, 1.82) is 0 Å². The second-order valence-electron chi connectivity index (χ2n) is 6.37. The van der Waals surface area contributed by atoms with E-state index in [1.165, 1.54) is 7.05 Å². The zero-order valence-corrected chi connectivity index (χ0v) is 13.7. The van der Waals surface area contributed by atoms with E-state index >= 15 is 0 Å². The number of halogens is 3. The van der Waals surface area contributed by atoms with Gasteiger partial charge in [0, 0.05) is 32.4 Å². The van der Waals surface area contributed by atoms with Crippen molar-refractivity contribution in [3.63, 3.8) is 0 Å². The van der Waals surface area contributed by atoms with Gasteiger partial charge in [-0.2, -0.15) is 18.3 Å². The number of carbonyl (C=O) groups is 1. The van der Waals surface area contributed by atoms with E-state index in [1.807, 2.05) is 0 Å². The summed E-state index contributed by atoms with van der Waals surface area (Å²) < 4.78 is 39.7. The summed E-state index contributed by atoms with van der Waals surface area (Å²) in [5.74, 6) is -0.451. The maximum atomic E-state index is 12.9. The second kappa shape index (κ2) is 6.90. The van der Waals surface area contributed by atoms with Crippen LogP contribution in [-0.4, -0.2) is 46.3 Å². The van der Waals surface area contributed by atoms with Crippen molar-refractivity contribution in [3.05, 3.63) is 17.5 Å². The number of hydrogen-bond donors (Lipinski definition) is 1. The largest absolute Gasteiger partial charge is 0.435 e. The van der Waals surface area contributed by atoms with Crippen molar-refractivity contribution >= 4 is 5.91 Å². The molecule has 2 rings (SSSR count). The van der Waals surface area contributed by atoms with Crippen LogP contribution < -0.4 is 5.32 Å². The lowest BCUT2D eigenvalue weighted by Gasteiger charge is -2.35. The number of alkyl halides is 3. The van der Waals surface area contributed by atoms with Gasteiger partial charge in [0.15, 0.2) is 5.69 Å². The van der Waals surface area contributed by atoms with E-state index in [-0.39, 0.29) is 5.92 Å². The molecule has 0 aliphatic carbocycles. The van der Waals surface area contributed by atoms with Gasteiger partial charge in [-0.05, 0) is 39.2 Å². The molecule has 2 heterocycles. The number of amides is 1. The highest BCUT2D eigenvalue weighted by Crippen LogP contribution is 2.30. The van der Waals surface area contributed by atoms with Gasteiger partial charge in [-0.3, -0.25) is 9.48 Å². The fraction of sp³-hybridized carbons (Fsp3) is 0.733. The van der Waals surface area contributed by atoms with Crippen LogP contribution in [0, 0.1) is 5.92 Å². The van der Waals surface area contributed by atoms with Crippen LogP contribution in [0.5, 0.6) is 0 Å².